The molecule has 2 fully saturated rings. The fourth-order valence-corrected chi connectivity index (χ4v) is 3.68. The van der Waals surface area contributed by atoms with Crippen molar-refractivity contribution >= 4 is 11.6 Å². The first-order valence-corrected chi connectivity index (χ1v) is 7.28. The third-order valence-electron chi connectivity index (χ3n) is 4.64. The van der Waals surface area contributed by atoms with Gasteiger partial charge in [0.05, 0.1) is 5.54 Å². The minimum atomic E-state index is -0.367. The zero-order valence-electron chi connectivity index (χ0n) is 11.8. The number of hydrogen-bond acceptors (Lipinski definition) is 5. The van der Waals surface area contributed by atoms with Gasteiger partial charge in [0, 0.05) is 26.7 Å². The Morgan fingerprint density at radius 3 is 2.85 bits per heavy atom. The van der Waals surface area contributed by atoms with Crippen LogP contribution in [0.25, 0.3) is 0 Å². The SMILES string of the molecule is Cn1cnc([N+](=O)[O-])c1N1CCNCC12CCCCC2. The fraction of sp³-hybridized carbons (Fsp3) is 0.769. The van der Waals surface area contributed by atoms with Crippen LogP contribution < -0.4 is 10.2 Å². The van der Waals surface area contributed by atoms with Crippen molar-refractivity contribution in [3.8, 4) is 0 Å². The highest BCUT2D eigenvalue weighted by Gasteiger charge is 2.43. The maximum Gasteiger partial charge on any atom is 0.406 e. The summed E-state index contributed by atoms with van der Waals surface area (Å²) in [5, 5.41) is 14.7. The van der Waals surface area contributed by atoms with Crippen LogP contribution in [0.2, 0.25) is 0 Å². The van der Waals surface area contributed by atoms with Crippen molar-refractivity contribution in [3.05, 3.63) is 16.4 Å². The number of nitrogens with one attached hydrogen (secondary N) is 1. The highest BCUT2D eigenvalue weighted by molar-refractivity contribution is 5.57. The second-order valence-corrected chi connectivity index (χ2v) is 5.87. The van der Waals surface area contributed by atoms with E-state index >= 15 is 0 Å². The number of aryl methyl sites for hydroxylation is 1. The molecule has 7 nitrogen and oxygen atoms in total. The van der Waals surface area contributed by atoms with Crippen LogP contribution in [0.5, 0.6) is 0 Å². The molecular weight excluding hydrogens is 258 g/mol. The molecule has 1 aliphatic carbocycles. The number of nitro groups is 1. The van der Waals surface area contributed by atoms with Gasteiger partial charge >= 0.3 is 5.82 Å². The molecule has 1 spiro atoms. The summed E-state index contributed by atoms with van der Waals surface area (Å²) in [4.78, 5) is 17.1. The van der Waals surface area contributed by atoms with Gasteiger partial charge in [0.15, 0.2) is 0 Å². The first-order valence-electron chi connectivity index (χ1n) is 7.28. The summed E-state index contributed by atoms with van der Waals surface area (Å²) in [5.41, 5.74) is 0.0229. The smallest absolute Gasteiger partial charge is 0.358 e. The van der Waals surface area contributed by atoms with E-state index in [1.807, 2.05) is 7.05 Å². The minimum Gasteiger partial charge on any atom is -0.358 e. The van der Waals surface area contributed by atoms with Crippen LogP contribution in [-0.2, 0) is 7.05 Å². The zero-order chi connectivity index (χ0) is 14.2. The van der Waals surface area contributed by atoms with E-state index in [4.69, 9.17) is 0 Å². The van der Waals surface area contributed by atoms with Gasteiger partial charge in [0.2, 0.25) is 12.1 Å². The number of anilines is 1. The molecule has 110 valence electrons. The Kier molecular flexibility index (Phi) is 3.37. The molecule has 0 radical (unpaired) electrons. The van der Waals surface area contributed by atoms with Crippen LogP contribution in [0.15, 0.2) is 6.33 Å². The molecule has 1 saturated carbocycles. The lowest BCUT2D eigenvalue weighted by Crippen LogP contribution is -2.62. The van der Waals surface area contributed by atoms with E-state index in [0.717, 1.165) is 32.5 Å². The van der Waals surface area contributed by atoms with E-state index in [1.165, 1.54) is 19.3 Å². The average molecular weight is 279 g/mol. The van der Waals surface area contributed by atoms with Gasteiger partial charge in [-0.15, -0.1) is 0 Å². The quantitative estimate of drug-likeness (QED) is 0.655. The molecule has 2 heterocycles. The molecule has 3 rings (SSSR count). The van der Waals surface area contributed by atoms with Crippen molar-refractivity contribution in [1.29, 1.82) is 0 Å². The topological polar surface area (TPSA) is 76.2 Å². The van der Waals surface area contributed by atoms with E-state index in [2.05, 4.69) is 15.2 Å². The highest BCUT2D eigenvalue weighted by atomic mass is 16.6. The molecule has 1 aromatic rings. The molecule has 0 atom stereocenters. The summed E-state index contributed by atoms with van der Waals surface area (Å²) >= 11 is 0. The Balaban J connectivity index is 2.02. The van der Waals surface area contributed by atoms with Crippen molar-refractivity contribution in [2.75, 3.05) is 24.5 Å². The van der Waals surface area contributed by atoms with Gasteiger partial charge in [-0.05, 0) is 22.7 Å². The molecule has 0 bridgehead atoms. The summed E-state index contributed by atoms with van der Waals surface area (Å²) < 4.78 is 1.79. The molecule has 0 amide bonds. The van der Waals surface area contributed by atoms with Crippen LogP contribution >= 0.6 is 0 Å². The summed E-state index contributed by atoms with van der Waals surface area (Å²) in [6.45, 7) is 2.58. The summed E-state index contributed by atoms with van der Waals surface area (Å²) in [6, 6.07) is 0. The number of nitrogens with zero attached hydrogens (tertiary/aromatic N) is 4. The van der Waals surface area contributed by atoms with Gasteiger partial charge in [-0.25, -0.2) is 0 Å². The van der Waals surface area contributed by atoms with Gasteiger partial charge < -0.3 is 20.3 Å². The van der Waals surface area contributed by atoms with Crippen LogP contribution in [0.4, 0.5) is 11.6 Å². The predicted octanol–water partition coefficient (Wildman–Crippen LogP) is 1.44. The van der Waals surface area contributed by atoms with Crippen LogP contribution in [-0.4, -0.2) is 39.6 Å². The van der Waals surface area contributed by atoms with E-state index in [9.17, 15) is 10.1 Å². The summed E-state index contributed by atoms with van der Waals surface area (Å²) in [6.07, 6.45) is 7.41. The fourth-order valence-electron chi connectivity index (χ4n) is 3.68. The zero-order valence-corrected chi connectivity index (χ0v) is 11.8. The summed E-state index contributed by atoms with van der Waals surface area (Å²) in [7, 11) is 1.84. The third-order valence-corrected chi connectivity index (χ3v) is 4.64. The van der Waals surface area contributed by atoms with Gasteiger partial charge in [-0.3, -0.25) is 4.57 Å². The molecule has 1 aliphatic heterocycles. The highest BCUT2D eigenvalue weighted by Crippen LogP contribution is 2.40. The lowest BCUT2D eigenvalue weighted by atomic mass is 9.79. The lowest BCUT2D eigenvalue weighted by molar-refractivity contribution is -0.388. The maximum atomic E-state index is 11.2. The largest absolute Gasteiger partial charge is 0.406 e. The first kappa shape index (κ1) is 13.4. The molecular formula is C13H21N5O2. The standard InChI is InChI=1S/C13H21N5O2/c1-16-10-15-11(18(19)20)12(16)17-8-7-14-9-13(17)5-3-2-4-6-13/h10,14H,2-9H2,1H3. The van der Waals surface area contributed by atoms with E-state index in [-0.39, 0.29) is 16.3 Å². The van der Waals surface area contributed by atoms with Crippen LogP contribution in [0, 0.1) is 10.1 Å². The monoisotopic (exact) mass is 279 g/mol. The van der Waals surface area contributed by atoms with E-state index < -0.39 is 0 Å². The number of aromatic nitrogens is 2. The third kappa shape index (κ3) is 2.06. The normalized spacial score (nSPS) is 22.1. The first-order chi connectivity index (χ1) is 9.64. The Labute approximate surface area is 118 Å². The maximum absolute atomic E-state index is 11.2. The van der Waals surface area contributed by atoms with Crippen molar-refractivity contribution in [3.63, 3.8) is 0 Å². The van der Waals surface area contributed by atoms with Gasteiger partial charge in [-0.1, -0.05) is 19.3 Å². The van der Waals surface area contributed by atoms with Crippen molar-refractivity contribution in [1.82, 2.24) is 14.9 Å². The van der Waals surface area contributed by atoms with E-state index in [0.29, 0.717) is 5.82 Å². The van der Waals surface area contributed by atoms with Crippen LogP contribution in [0.1, 0.15) is 32.1 Å². The molecule has 20 heavy (non-hydrogen) atoms. The Hall–Kier alpha value is -1.63. The van der Waals surface area contributed by atoms with E-state index in [1.54, 1.807) is 10.9 Å². The average Bonchev–Trinajstić information content (AvgIpc) is 2.82. The minimum absolute atomic E-state index is 0.0145. The second kappa shape index (κ2) is 5.05. The molecule has 2 aliphatic rings. The van der Waals surface area contributed by atoms with Crippen molar-refractivity contribution in [2.45, 2.75) is 37.6 Å². The van der Waals surface area contributed by atoms with Crippen LogP contribution in [0.3, 0.4) is 0 Å². The second-order valence-electron chi connectivity index (χ2n) is 5.87. The van der Waals surface area contributed by atoms with Gasteiger partial charge in [-0.2, -0.15) is 0 Å². The number of piperazine rings is 1. The van der Waals surface area contributed by atoms with Gasteiger partial charge in [0.1, 0.15) is 0 Å². The molecule has 0 aromatic carbocycles. The Morgan fingerprint density at radius 1 is 1.40 bits per heavy atom. The molecule has 1 N–H and O–H groups in total. The molecule has 1 saturated heterocycles. The predicted molar refractivity (Wildman–Crippen MR) is 75.9 cm³/mol. The van der Waals surface area contributed by atoms with Gasteiger partial charge in [0.25, 0.3) is 0 Å². The number of hydrogen-bond donors (Lipinski definition) is 1. The molecule has 1 aromatic heterocycles. The van der Waals surface area contributed by atoms with Crippen molar-refractivity contribution < 1.29 is 4.92 Å². The summed E-state index contributed by atoms with van der Waals surface area (Å²) in [5.74, 6) is 0.651. The number of imidazole rings is 1. The Morgan fingerprint density at radius 2 is 2.15 bits per heavy atom. The number of rotatable bonds is 2. The Bertz CT molecular complexity index is 499. The lowest BCUT2D eigenvalue weighted by Gasteiger charge is -2.50. The molecule has 0 unspecified atom stereocenters. The van der Waals surface area contributed by atoms with Crippen molar-refractivity contribution in [2.24, 2.45) is 7.05 Å². The molecule has 7 heteroatoms.